The van der Waals surface area contributed by atoms with Crippen molar-refractivity contribution < 1.29 is 4.74 Å². The van der Waals surface area contributed by atoms with Gasteiger partial charge in [0.05, 0.1) is 19.5 Å². The molecule has 3 heterocycles. The number of imidazole rings is 1. The number of rotatable bonds is 8. The molecule has 8 nitrogen and oxygen atoms in total. The Morgan fingerprint density at radius 2 is 2.06 bits per heavy atom. The number of aromatic nitrogens is 4. The third-order valence-corrected chi connectivity index (χ3v) is 7.56. The SMILES string of the molecule is COc1ccc2c(c1)CC=C(CC[C@@H]1C=C[C@H](n3cnc4c(NC5CC5)nc(N)nc43)C1)N2C(C)C. The van der Waals surface area contributed by atoms with Gasteiger partial charge in [-0.1, -0.05) is 18.2 Å². The van der Waals surface area contributed by atoms with Crippen molar-refractivity contribution in [2.45, 2.75) is 70.5 Å². The van der Waals surface area contributed by atoms with Crippen LogP contribution in [-0.4, -0.2) is 38.7 Å². The van der Waals surface area contributed by atoms with Crippen molar-refractivity contribution in [3.8, 4) is 5.75 Å². The number of nitrogens with zero attached hydrogens (tertiary/aromatic N) is 5. The van der Waals surface area contributed by atoms with Gasteiger partial charge in [-0.15, -0.1) is 0 Å². The first kappa shape index (κ1) is 22.9. The largest absolute Gasteiger partial charge is 0.497 e. The molecule has 2 atom stereocenters. The Bertz CT molecular complexity index is 1340. The fraction of sp³-hybridized carbons (Fsp3) is 0.464. The van der Waals surface area contributed by atoms with E-state index in [1.54, 1.807) is 7.11 Å². The van der Waals surface area contributed by atoms with Crippen molar-refractivity contribution in [1.29, 1.82) is 0 Å². The second-order valence-electron chi connectivity index (χ2n) is 10.5. The molecule has 3 aromatic rings. The molecule has 2 aliphatic carbocycles. The van der Waals surface area contributed by atoms with Gasteiger partial charge in [-0.05, 0) is 82.1 Å². The molecule has 0 saturated heterocycles. The maximum atomic E-state index is 6.05. The second kappa shape index (κ2) is 9.15. The Kier molecular flexibility index (Phi) is 5.82. The molecule has 36 heavy (non-hydrogen) atoms. The van der Waals surface area contributed by atoms with Gasteiger partial charge in [0.2, 0.25) is 5.95 Å². The number of nitrogens with one attached hydrogen (secondary N) is 1. The van der Waals surface area contributed by atoms with Gasteiger partial charge in [-0.25, -0.2) is 4.98 Å². The van der Waals surface area contributed by atoms with Crippen LogP contribution in [0.3, 0.4) is 0 Å². The van der Waals surface area contributed by atoms with Gasteiger partial charge in [0, 0.05) is 23.5 Å². The van der Waals surface area contributed by atoms with E-state index in [2.05, 4.69) is 80.0 Å². The first-order valence-corrected chi connectivity index (χ1v) is 13.1. The molecule has 2 aromatic heterocycles. The number of hydrogen-bond donors (Lipinski definition) is 2. The average Bonchev–Trinajstić information content (AvgIpc) is 3.39. The Hall–Kier alpha value is -3.55. The number of benzene rings is 1. The maximum Gasteiger partial charge on any atom is 0.224 e. The van der Waals surface area contributed by atoms with Gasteiger partial charge in [-0.3, -0.25) is 0 Å². The minimum absolute atomic E-state index is 0.234. The van der Waals surface area contributed by atoms with Crippen LogP contribution in [0.4, 0.5) is 17.5 Å². The van der Waals surface area contributed by atoms with E-state index in [9.17, 15) is 0 Å². The number of fused-ring (bicyclic) bond motifs is 2. The molecule has 0 radical (unpaired) electrons. The monoisotopic (exact) mass is 485 g/mol. The molecule has 0 amide bonds. The summed E-state index contributed by atoms with van der Waals surface area (Å²) in [5, 5.41) is 3.45. The lowest BCUT2D eigenvalue weighted by molar-refractivity contribution is 0.414. The molecule has 8 heteroatoms. The highest BCUT2D eigenvalue weighted by atomic mass is 16.5. The van der Waals surface area contributed by atoms with Crippen LogP contribution in [0.2, 0.25) is 0 Å². The van der Waals surface area contributed by atoms with E-state index >= 15 is 0 Å². The number of hydrogen-bond acceptors (Lipinski definition) is 7. The molecule has 0 bridgehead atoms. The van der Waals surface area contributed by atoms with Crippen molar-refractivity contribution in [3.05, 3.63) is 54.0 Å². The summed E-state index contributed by atoms with van der Waals surface area (Å²) in [5.41, 5.74) is 11.7. The summed E-state index contributed by atoms with van der Waals surface area (Å²) in [6, 6.07) is 7.56. The molecule has 3 N–H and O–H groups in total. The van der Waals surface area contributed by atoms with E-state index < -0.39 is 0 Å². The van der Waals surface area contributed by atoms with Crippen molar-refractivity contribution in [1.82, 2.24) is 19.5 Å². The van der Waals surface area contributed by atoms with Gasteiger partial charge in [0.1, 0.15) is 5.75 Å². The van der Waals surface area contributed by atoms with Crippen LogP contribution in [-0.2, 0) is 6.42 Å². The summed E-state index contributed by atoms with van der Waals surface area (Å²) in [6.45, 7) is 4.53. The summed E-state index contributed by atoms with van der Waals surface area (Å²) >= 11 is 0. The molecule has 1 aliphatic heterocycles. The molecule has 1 fully saturated rings. The van der Waals surface area contributed by atoms with Crippen LogP contribution in [0.15, 0.2) is 48.5 Å². The summed E-state index contributed by atoms with van der Waals surface area (Å²) < 4.78 is 7.60. The molecular formula is C28H35N7O. The van der Waals surface area contributed by atoms with Crippen molar-refractivity contribution >= 4 is 28.6 Å². The van der Waals surface area contributed by atoms with Crippen LogP contribution < -0.4 is 20.7 Å². The number of allylic oxidation sites excluding steroid dienone is 4. The fourth-order valence-electron chi connectivity index (χ4n) is 5.60. The second-order valence-corrected chi connectivity index (χ2v) is 10.5. The first-order chi connectivity index (χ1) is 17.5. The third-order valence-electron chi connectivity index (χ3n) is 7.56. The lowest BCUT2D eigenvalue weighted by Crippen LogP contribution is -2.33. The number of methoxy groups -OCH3 is 1. The highest BCUT2D eigenvalue weighted by molar-refractivity contribution is 5.84. The number of anilines is 3. The number of ether oxygens (including phenoxy) is 1. The van der Waals surface area contributed by atoms with E-state index in [0.29, 0.717) is 23.9 Å². The predicted molar refractivity (Wildman–Crippen MR) is 144 cm³/mol. The molecule has 0 unspecified atom stereocenters. The minimum Gasteiger partial charge on any atom is -0.497 e. The fourth-order valence-corrected chi connectivity index (χ4v) is 5.60. The van der Waals surface area contributed by atoms with Gasteiger partial charge >= 0.3 is 0 Å². The van der Waals surface area contributed by atoms with Crippen molar-refractivity contribution in [2.24, 2.45) is 5.92 Å². The Balaban J connectivity index is 1.14. The quantitative estimate of drug-likeness (QED) is 0.421. The van der Waals surface area contributed by atoms with E-state index in [1.807, 2.05) is 6.33 Å². The first-order valence-electron chi connectivity index (χ1n) is 13.1. The number of nitrogen functional groups attached to an aromatic ring is 1. The smallest absolute Gasteiger partial charge is 0.224 e. The summed E-state index contributed by atoms with van der Waals surface area (Å²) in [7, 11) is 1.73. The van der Waals surface area contributed by atoms with E-state index in [-0.39, 0.29) is 6.04 Å². The summed E-state index contributed by atoms with van der Waals surface area (Å²) in [5.74, 6) is 2.49. The molecule has 0 spiro atoms. The zero-order valence-corrected chi connectivity index (χ0v) is 21.3. The minimum atomic E-state index is 0.234. The van der Waals surface area contributed by atoms with Crippen LogP contribution in [0.25, 0.3) is 11.2 Å². The van der Waals surface area contributed by atoms with E-state index in [0.717, 1.165) is 48.4 Å². The van der Waals surface area contributed by atoms with Crippen LogP contribution >= 0.6 is 0 Å². The van der Waals surface area contributed by atoms with Gasteiger partial charge in [-0.2, -0.15) is 9.97 Å². The summed E-state index contributed by atoms with van der Waals surface area (Å²) in [4.78, 5) is 16.1. The van der Waals surface area contributed by atoms with Crippen LogP contribution in [0.1, 0.15) is 57.6 Å². The topological polar surface area (TPSA) is 94.1 Å². The normalized spacial score (nSPS) is 21.2. The lowest BCUT2D eigenvalue weighted by atomic mass is 9.95. The molecule has 1 aromatic carbocycles. The van der Waals surface area contributed by atoms with Gasteiger partial charge in [0.25, 0.3) is 0 Å². The van der Waals surface area contributed by atoms with E-state index in [4.69, 9.17) is 10.5 Å². The Morgan fingerprint density at radius 3 is 2.83 bits per heavy atom. The van der Waals surface area contributed by atoms with Crippen molar-refractivity contribution in [2.75, 3.05) is 23.1 Å². The third kappa shape index (κ3) is 4.29. The van der Waals surface area contributed by atoms with Gasteiger partial charge in [0.15, 0.2) is 17.0 Å². The standard InChI is InChI=1S/C28H35N7O/c1-17(2)35-21(11-6-19-15-23(36-3)12-13-24(19)35)9-4-18-5-10-22(14-18)34-16-30-25-26(31-20-7-8-20)32-28(29)33-27(25)34/h5,10-13,15-18,20,22H,4,6-9,14H2,1-3H3,(H3,29,31,32,33)/t18-,22+/m1/s1. The molecule has 3 aliphatic rings. The molecule has 188 valence electrons. The zero-order valence-electron chi connectivity index (χ0n) is 21.3. The molecule has 1 saturated carbocycles. The van der Waals surface area contributed by atoms with Crippen LogP contribution in [0, 0.1) is 5.92 Å². The molecule has 6 rings (SSSR count). The predicted octanol–water partition coefficient (Wildman–Crippen LogP) is 5.24. The zero-order chi connectivity index (χ0) is 24.8. The summed E-state index contributed by atoms with van der Waals surface area (Å²) in [6.07, 6.45) is 15.5. The highest BCUT2D eigenvalue weighted by Crippen LogP contribution is 2.39. The van der Waals surface area contributed by atoms with Gasteiger partial charge < -0.3 is 25.3 Å². The molecular weight excluding hydrogens is 450 g/mol. The van der Waals surface area contributed by atoms with E-state index in [1.165, 1.54) is 29.8 Å². The average molecular weight is 486 g/mol. The Morgan fingerprint density at radius 1 is 1.19 bits per heavy atom. The van der Waals surface area contributed by atoms with Crippen LogP contribution in [0.5, 0.6) is 5.75 Å². The Labute approximate surface area is 212 Å². The number of nitrogens with two attached hydrogens (primary N) is 1. The van der Waals surface area contributed by atoms with Crippen molar-refractivity contribution in [3.63, 3.8) is 0 Å². The lowest BCUT2D eigenvalue weighted by Gasteiger charge is -2.36. The highest BCUT2D eigenvalue weighted by Gasteiger charge is 2.28. The maximum absolute atomic E-state index is 6.05.